The van der Waals surface area contributed by atoms with Crippen LogP contribution in [-0.2, 0) is 4.79 Å². The minimum absolute atomic E-state index is 0.00599. The number of aromatic hydroxyl groups is 1. The Bertz CT molecular complexity index is 461. The first kappa shape index (κ1) is 17.3. The molecule has 1 atom stereocenters. The molecule has 118 valence electrons. The van der Waals surface area contributed by atoms with Crippen LogP contribution >= 0.6 is 0 Å². The minimum atomic E-state index is -0.956. The highest BCUT2D eigenvalue weighted by molar-refractivity contribution is 5.76. The van der Waals surface area contributed by atoms with Gasteiger partial charge in [0.25, 0.3) is 0 Å². The van der Waals surface area contributed by atoms with E-state index < -0.39 is 12.0 Å². The van der Waals surface area contributed by atoms with Gasteiger partial charge in [0.05, 0.1) is 7.11 Å². The van der Waals surface area contributed by atoms with E-state index in [1.54, 1.807) is 12.1 Å². The third-order valence-corrected chi connectivity index (χ3v) is 3.45. The summed E-state index contributed by atoms with van der Waals surface area (Å²) < 4.78 is 5.01. The molecular formula is C15H24N2O4. The standard InChI is InChI=1S/C15H24N2O4/c1-4-17(5-2)9-8-16-14(15(19)20)11-6-7-12(18)13(10-11)21-3/h6-7,10,14,16,18H,4-5,8-9H2,1-3H3,(H,19,20). The maximum Gasteiger partial charge on any atom is 0.325 e. The highest BCUT2D eigenvalue weighted by Gasteiger charge is 2.20. The number of ether oxygens (including phenoxy) is 1. The predicted octanol–water partition coefficient (Wildman–Crippen LogP) is 1.46. The van der Waals surface area contributed by atoms with Gasteiger partial charge in [-0.05, 0) is 30.8 Å². The van der Waals surface area contributed by atoms with E-state index in [9.17, 15) is 15.0 Å². The number of carboxylic acid groups (broad SMARTS) is 1. The number of carboxylic acids is 1. The Morgan fingerprint density at radius 3 is 2.57 bits per heavy atom. The molecule has 0 spiro atoms. The molecule has 3 N–H and O–H groups in total. The first-order valence-corrected chi connectivity index (χ1v) is 7.08. The van der Waals surface area contributed by atoms with Gasteiger partial charge in [-0.3, -0.25) is 10.1 Å². The van der Waals surface area contributed by atoms with E-state index in [1.165, 1.54) is 13.2 Å². The van der Waals surface area contributed by atoms with Gasteiger partial charge < -0.3 is 19.8 Å². The molecule has 0 saturated heterocycles. The first-order valence-electron chi connectivity index (χ1n) is 7.08. The van der Waals surface area contributed by atoms with Crippen LogP contribution in [0.15, 0.2) is 18.2 Å². The molecule has 1 aromatic rings. The molecule has 0 amide bonds. The number of hydrogen-bond donors (Lipinski definition) is 3. The zero-order valence-electron chi connectivity index (χ0n) is 12.8. The predicted molar refractivity (Wildman–Crippen MR) is 80.8 cm³/mol. The molecule has 21 heavy (non-hydrogen) atoms. The topological polar surface area (TPSA) is 82.0 Å². The van der Waals surface area contributed by atoms with E-state index in [2.05, 4.69) is 24.1 Å². The zero-order chi connectivity index (χ0) is 15.8. The summed E-state index contributed by atoms with van der Waals surface area (Å²) in [6.07, 6.45) is 0. The number of hydrogen-bond acceptors (Lipinski definition) is 5. The Hall–Kier alpha value is -1.79. The van der Waals surface area contributed by atoms with Crippen molar-refractivity contribution in [3.8, 4) is 11.5 Å². The smallest absolute Gasteiger partial charge is 0.325 e. The number of phenols is 1. The summed E-state index contributed by atoms with van der Waals surface area (Å²) in [4.78, 5) is 13.6. The van der Waals surface area contributed by atoms with Gasteiger partial charge in [0.1, 0.15) is 6.04 Å². The Morgan fingerprint density at radius 1 is 1.38 bits per heavy atom. The monoisotopic (exact) mass is 296 g/mol. The molecule has 0 saturated carbocycles. The summed E-state index contributed by atoms with van der Waals surface area (Å²) in [5.41, 5.74) is 0.552. The lowest BCUT2D eigenvalue weighted by molar-refractivity contribution is -0.139. The number of benzene rings is 1. The molecule has 1 aromatic carbocycles. The lowest BCUT2D eigenvalue weighted by Crippen LogP contribution is -2.36. The third-order valence-electron chi connectivity index (χ3n) is 3.45. The fourth-order valence-electron chi connectivity index (χ4n) is 2.13. The number of aliphatic carboxylic acids is 1. The fraction of sp³-hybridized carbons (Fsp3) is 0.533. The fourth-order valence-corrected chi connectivity index (χ4v) is 2.13. The van der Waals surface area contributed by atoms with Crippen LogP contribution in [0.25, 0.3) is 0 Å². The quantitative estimate of drug-likeness (QED) is 0.640. The van der Waals surface area contributed by atoms with Crippen LogP contribution in [0.5, 0.6) is 11.5 Å². The van der Waals surface area contributed by atoms with Crippen molar-refractivity contribution in [1.29, 1.82) is 0 Å². The Morgan fingerprint density at radius 2 is 2.05 bits per heavy atom. The molecule has 0 bridgehead atoms. The van der Waals surface area contributed by atoms with Gasteiger partial charge in [0.2, 0.25) is 0 Å². The summed E-state index contributed by atoms with van der Waals surface area (Å²) in [7, 11) is 1.43. The van der Waals surface area contributed by atoms with E-state index in [-0.39, 0.29) is 11.5 Å². The van der Waals surface area contributed by atoms with Gasteiger partial charge in [-0.2, -0.15) is 0 Å². The molecule has 0 aromatic heterocycles. The summed E-state index contributed by atoms with van der Waals surface area (Å²) in [6, 6.07) is 3.74. The van der Waals surface area contributed by atoms with Gasteiger partial charge in [-0.25, -0.2) is 0 Å². The first-order chi connectivity index (χ1) is 10.0. The number of likely N-dealkylation sites (N-methyl/N-ethyl adjacent to an activating group) is 1. The lowest BCUT2D eigenvalue weighted by atomic mass is 10.1. The van der Waals surface area contributed by atoms with Gasteiger partial charge in [0, 0.05) is 13.1 Å². The van der Waals surface area contributed by atoms with Crippen molar-refractivity contribution in [2.24, 2.45) is 0 Å². The Kier molecular flexibility index (Phi) is 6.98. The van der Waals surface area contributed by atoms with Crippen LogP contribution in [0.2, 0.25) is 0 Å². The molecule has 6 nitrogen and oxygen atoms in total. The summed E-state index contributed by atoms with van der Waals surface area (Å²) in [6.45, 7) is 7.37. The van der Waals surface area contributed by atoms with Crippen molar-refractivity contribution in [1.82, 2.24) is 10.2 Å². The molecule has 0 heterocycles. The molecule has 0 aliphatic carbocycles. The van der Waals surface area contributed by atoms with Gasteiger partial charge >= 0.3 is 5.97 Å². The second kappa shape index (κ2) is 8.49. The normalized spacial score (nSPS) is 12.4. The van der Waals surface area contributed by atoms with Crippen molar-refractivity contribution >= 4 is 5.97 Å². The molecule has 0 aliphatic rings. The number of nitrogens with one attached hydrogen (secondary N) is 1. The van der Waals surface area contributed by atoms with Gasteiger partial charge in [-0.1, -0.05) is 19.9 Å². The summed E-state index contributed by atoms with van der Waals surface area (Å²) >= 11 is 0. The Balaban J connectivity index is 2.76. The van der Waals surface area contributed by atoms with Crippen LogP contribution in [0.1, 0.15) is 25.5 Å². The SMILES string of the molecule is CCN(CC)CCNC(C(=O)O)c1ccc(O)c(OC)c1. The molecule has 0 radical (unpaired) electrons. The lowest BCUT2D eigenvalue weighted by Gasteiger charge is -2.21. The van der Waals surface area contributed by atoms with Crippen LogP contribution in [0.3, 0.4) is 0 Å². The number of rotatable bonds is 9. The van der Waals surface area contributed by atoms with Crippen molar-refractivity contribution in [2.45, 2.75) is 19.9 Å². The summed E-state index contributed by atoms with van der Waals surface area (Å²) in [5, 5.41) is 22.0. The molecule has 6 heteroatoms. The molecule has 1 unspecified atom stereocenters. The highest BCUT2D eigenvalue weighted by atomic mass is 16.5. The number of carbonyl (C=O) groups is 1. The molecule has 1 rings (SSSR count). The highest BCUT2D eigenvalue weighted by Crippen LogP contribution is 2.29. The second-order valence-corrected chi connectivity index (χ2v) is 4.68. The van der Waals surface area contributed by atoms with Gasteiger partial charge in [0.15, 0.2) is 11.5 Å². The average Bonchev–Trinajstić information content (AvgIpc) is 2.48. The van der Waals surface area contributed by atoms with Crippen LogP contribution in [0.4, 0.5) is 0 Å². The Labute approximate surface area is 125 Å². The van der Waals surface area contributed by atoms with Gasteiger partial charge in [-0.15, -0.1) is 0 Å². The van der Waals surface area contributed by atoms with E-state index in [0.717, 1.165) is 19.6 Å². The molecule has 0 aliphatic heterocycles. The van der Waals surface area contributed by atoms with Crippen LogP contribution < -0.4 is 10.1 Å². The minimum Gasteiger partial charge on any atom is -0.504 e. The van der Waals surface area contributed by atoms with Crippen molar-refractivity contribution in [2.75, 3.05) is 33.3 Å². The summed E-state index contributed by atoms with van der Waals surface area (Å²) in [5.74, 6) is -0.694. The van der Waals surface area contributed by atoms with Crippen molar-refractivity contribution in [3.63, 3.8) is 0 Å². The second-order valence-electron chi connectivity index (χ2n) is 4.68. The van der Waals surface area contributed by atoms with Crippen molar-refractivity contribution < 1.29 is 19.7 Å². The van der Waals surface area contributed by atoms with E-state index >= 15 is 0 Å². The maximum absolute atomic E-state index is 11.4. The largest absolute Gasteiger partial charge is 0.504 e. The molecule has 0 fully saturated rings. The third kappa shape index (κ3) is 4.91. The van der Waals surface area contributed by atoms with E-state index in [4.69, 9.17) is 4.74 Å². The average molecular weight is 296 g/mol. The van der Waals surface area contributed by atoms with E-state index in [1.807, 2.05) is 0 Å². The molecular weight excluding hydrogens is 272 g/mol. The number of methoxy groups -OCH3 is 1. The maximum atomic E-state index is 11.4. The van der Waals surface area contributed by atoms with E-state index in [0.29, 0.717) is 12.1 Å². The zero-order valence-corrected chi connectivity index (χ0v) is 12.8. The van der Waals surface area contributed by atoms with Crippen molar-refractivity contribution in [3.05, 3.63) is 23.8 Å². The number of phenolic OH excluding ortho intramolecular Hbond substituents is 1. The van der Waals surface area contributed by atoms with Crippen LogP contribution in [0, 0.1) is 0 Å². The van der Waals surface area contributed by atoms with Crippen LogP contribution in [-0.4, -0.2) is 54.4 Å². The number of nitrogens with zero attached hydrogens (tertiary/aromatic N) is 1.